The van der Waals surface area contributed by atoms with Crippen LogP contribution in [0.1, 0.15) is 30.4 Å². The molecule has 1 aliphatic carbocycles. The molecule has 0 spiro atoms. The summed E-state index contributed by atoms with van der Waals surface area (Å²) in [5.41, 5.74) is 1.19. The lowest BCUT2D eigenvalue weighted by Gasteiger charge is -2.26. The number of benzene rings is 1. The van der Waals surface area contributed by atoms with Crippen LogP contribution >= 0.6 is 0 Å². The van der Waals surface area contributed by atoms with Crippen LogP contribution in [0.25, 0.3) is 6.08 Å². The molecule has 0 saturated heterocycles. The van der Waals surface area contributed by atoms with Crippen LogP contribution in [0.5, 0.6) is 0 Å². The van der Waals surface area contributed by atoms with E-state index < -0.39 is 16.0 Å². The van der Waals surface area contributed by atoms with E-state index in [1.807, 2.05) is 0 Å². The molecule has 1 aromatic carbocycles. The van der Waals surface area contributed by atoms with Crippen molar-refractivity contribution in [1.82, 2.24) is 4.72 Å². The molecule has 108 valence electrons. The average molecular weight is 295 g/mol. The van der Waals surface area contributed by atoms with Crippen molar-refractivity contribution < 1.29 is 18.3 Å². The fourth-order valence-electron chi connectivity index (χ4n) is 1.99. The van der Waals surface area contributed by atoms with E-state index in [2.05, 4.69) is 4.72 Å². The van der Waals surface area contributed by atoms with E-state index in [4.69, 9.17) is 5.11 Å². The summed E-state index contributed by atoms with van der Waals surface area (Å²) in [6.45, 7) is 1.72. The van der Waals surface area contributed by atoms with Gasteiger partial charge in [0.1, 0.15) is 0 Å². The molecule has 0 aromatic heterocycles. The number of carboxylic acids is 1. The fraction of sp³-hybridized carbons (Fsp3) is 0.357. The molecule has 0 unspecified atom stereocenters. The van der Waals surface area contributed by atoms with Gasteiger partial charge in [0.25, 0.3) is 0 Å². The van der Waals surface area contributed by atoms with Crippen molar-refractivity contribution in [2.24, 2.45) is 0 Å². The van der Waals surface area contributed by atoms with Crippen molar-refractivity contribution in [3.63, 3.8) is 0 Å². The van der Waals surface area contributed by atoms with Gasteiger partial charge in [-0.3, -0.25) is 0 Å². The quantitative estimate of drug-likeness (QED) is 0.813. The summed E-state index contributed by atoms with van der Waals surface area (Å²) >= 11 is 0. The molecular weight excluding hydrogens is 278 g/mol. The molecule has 0 aliphatic heterocycles. The first kappa shape index (κ1) is 14.7. The summed E-state index contributed by atoms with van der Waals surface area (Å²) in [6, 6.07) is 4.89. The lowest BCUT2D eigenvalue weighted by Crippen LogP contribution is -2.39. The van der Waals surface area contributed by atoms with E-state index in [0.717, 1.165) is 25.3 Å². The Morgan fingerprint density at radius 1 is 1.40 bits per heavy atom. The Bertz CT molecular complexity index is 645. The summed E-state index contributed by atoms with van der Waals surface area (Å²) in [5.74, 6) is -1.07. The third kappa shape index (κ3) is 3.46. The number of nitrogens with one attached hydrogen (secondary N) is 1. The molecule has 0 bridgehead atoms. The fourth-order valence-corrected chi connectivity index (χ4v) is 3.57. The number of sulfonamides is 1. The number of hydrogen-bond acceptors (Lipinski definition) is 3. The summed E-state index contributed by atoms with van der Waals surface area (Å²) < 4.78 is 27.3. The molecule has 1 fully saturated rings. The Kier molecular flexibility index (Phi) is 4.25. The van der Waals surface area contributed by atoms with E-state index in [0.29, 0.717) is 11.1 Å². The molecule has 2 N–H and O–H groups in total. The van der Waals surface area contributed by atoms with Crippen molar-refractivity contribution >= 4 is 22.1 Å². The Balaban J connectivity index is 2.29. The zero-order valence-corrected chi connectivity index (χ0v) is 12.0. The molecule has 1 aliphatic rings. The number of aryl methyl sites for hydroxylation is 1. The van der Waals surface area contributed by atoms with E-state index in [-0.39, 0.29) is 10.9 Å². The Hall–Kier alpha value is -1.66. The standard InChI is InChI=1S/C14H17NO4S/c1-10-5-6-11(7-8-14(16)17)9-13(10)20(18,19)15-12-3-2-4-12/h5-9,12,15H,2-4H2,1H3,(H,16,17). The summed E-state index contributed by atoms with van der Waals surface area (Å²) in [5, 5.41) is 8.60. The van der Waals surface area contributed by atoms with Gasteiger partial charge < -0.3 is 5.11 Å². The van der Waals surface area contributed by atoms with Crippen LogP contribution in [0.3, 0.4) is 0 Å². The van der Waals surface area contributed by atoms with E-state index in [9.17, 15) is 13.2 Å². The zero-order valence-electron chi connectivity index (χ0n) is 11.2. The van der Waals surface area contributed by atoms with Crippen LogP contribution in [-0.2, 0) is 14.8 Å². The van der Waals surface area contributed by atoms with Gasteiger partial charge in [-0.05, 0) is 43.0 Å². The number of carbonyl (C=O) groups is 1. The third-order valence-corrected chi connectivity index (χ3v) is 5.01. The second-order valence-electron chi connectivity index (χ2n) is 4.95. The first-order chi connectivity index (χ1) is 9.38. The average Bonchev–Trinajstić information content (AvgIpc) is 2.33. The van der Waals surface area contributed by atoms with E-state index in [1.54, 1.807) is 19.1 Å². The molecule has 0 radical (unpaired) electrons. The highest BCUT2D eigenvalue weighted by Gasteiger charge is 2.25. The Morgan fingerprint density at radius 2 is 2.10 bits per heavy atom. The monoisotopic (exact) mass is 295 g/mol. The Labute approximate surface area is 118 Å². The first-order valence-corrected chi connectivity index (χ1v) is 7.91. The van der Waals surface area contributed by atoms with Crippen molar-refractivity contribution in [3.05, 3.63) is 35.4 Å². The van der Waals surface area contributed by atoms with Gasteiger partial charge in [0.2, 0.25) is 10.0 Å². The largest absolute Gasteiger partial charge is 0.478 e. The van der Waals surface area contributed by atoms with Gasteiger partial charge in [-0.15, -0.1) is 0 Å². The highest BCUT2D eigenvalue weighted by Crippen LogP contribution is 2.23. The van der Waals surface area contributed by atoms with Gasteiger partial charge in [-0.2, -0.15) is 0 Å². The summed E-state index contributed by atoms with van der Waals surface area (Å²) in [7, 11) is -3.54. The van der Waals surface area contributed by atoms with Crippen LogP contribution in [-0.4, -0.2) is 25.5 Å². The van der Waals surface area contributed by atoms with Gasteiger partial charge in [0.15, 0.2) is 0 Å². The maximum absolute atomic E-state index is 12.3. The van der Waals surface area contributed by atoms with E-state index >= 15 is 0 Å². The highest BCUT2D eigenvalue weighted by atomic mass is 32.2. The van der Waals surface area contributed by atoms with Crippen LogP contribution in [0.15, 0.2) is 29.2 Å². The lowest BCUT2D eigenvalue weighted by atomic mass is 9.94. The first-order valence-electron chi connectivity index (χ1n) is 6.42. The second-order valence-corrected chi connectivity index (χ2v) is 6.63. The molecule has 1 saturated carbocycles. The van der Waals surface area contributed by atoms with Gasteiger partial charge >= 0.3 is 5.97 Å². The van der Waals surface area contributed by atoms with Crippen molar-refractivity contribution in [2.45, 2.75) is 37.1 Å². The van der Waals surface area contributed by atoms with Crippen LogP contribution in [0.4, 0.5) is 0 Å². The Morgan fingerprint density at radius 3 is 2.65 bits per heavy atom. The molecule has 0 atom stereocenters. The SMILES string of the molecule is Cc1ccc(C=CC(=O)O)cc1S(=O)(=O)NC1CCC1. The third-order valence-electron chi connectivity index (χ3n) is 3.35. The van der Waals surface area contributed by atoms with Crippen LogP contribution in [0.2, 0.25) is 0 Å². The van der Waals surface area contributed by atoms with Gasteiger partial charge in [-0.1, -0.05) is 18.6 Å². The predicted molar refractivity (Wildman–Crippen MR) is 75.8 cm³/mol. The minimum Gasteiger partial charge on any atom is -0.478 e. The number of hydrogen-bond donors (Lipinski definition) is 2. The second kappa shape index (κ2) is 5.76. The normalized spacial score (nSPS) is 16.2. The van der Waals surface area contributed by atoms with Gasteiger partial charge in [0.05, 0.1) is 4.90 Å². The van der Waals surface area contributed by atoms with Crippen molar-refractivity contribution in [3.8, 4) is 0 Å². The van der Waals surface area contributed by atoms with Gasteiger partial charge in [0, 0.05) is 12.1 Å². The number of rotatable bonds is 5. The molecular formula is C14H17NO4S. The minimum absolute atomic E-state index is 0.0256. The molecule has 5 nitrogen and oxygen atoms in total. The van der Waals surface area contributed by atoms with Crippen LogP contribution < -0.4 is 4.72 Å². The topological polar surface area (TPSA) is 83.5 Å². The number of carboxylic acid groups (broad SMARTS) is 1. The minimum atomic E-state index is -3.54. The molecule has 6 heteroatoms. The molecule has 0 heterocycles. The smallest absolute Gasteiger partial charge is 0.328 e. The zero-order chi connectivity index (χ0) is 14.8. The van der Waals surface area contributed by atoms with Crippen LogP contribution in [0, 0.1) is 6.92 Å². The van der Waals surface area contributed by atoms with Crippen molar-refractivity contribution in [1.29, 1.82) is 0 Å². The summed E-state index contributed by atoms with van der Waals surface area (Å²) in [4.78, 5) is 10.7. The molecule has 0 amide bonds. The maximum atomic E-state index is 12.3. The molecule has 2 rings (SSSR count). The lowest BCUT2D eigenvalue weighted by molar-refractivity contribution is -0.131. The predicted octanol–water partition coefficient (Wildman–Crippen LogP) is 1.92. The van der Waals surface area contributed by atoms with Gasteiger partial charge in [-0.25, -0.2) is 17.9 Å². The highest BCUT2D eigenvalue weighted by molar-refractivity contribution is 7.89. The number of aliphatic carboxylic acids is 1. The molecule has 1 aromatic rings. The van der Waals surface area contributed by atoms with E-state index in [1.165, 1.54) is 12.1 Å². The molecule has 20 heavy (non-hydrogen) atoms. The summed E-state index contributed by atoms with van der Waals surface area (Å²) in [6.07, 6.45) is 5.16. The maximum Gasteiger partial charge on any atom is 0.328 e. The van der Waals surface area contributed by atoms with Crippen molar-refractivity contribution in [2.75, 3.05) is 0 Å².